The maximum Gasteiger partial charge on any atom is 0.224 e. The summed E-state index contributed by atoms with van der Waals surface area (Å²) in [6, 6.07) is 0. The van der Waals surface area contributed by atoms with Crippen molar-refractivity contribution >= 4 is 16.8 Å². The Bertz CT molecular complexity index is 112. The molecule has 10 heavy (non-hydrogen) atoms. The van der Waals surface area contributed by atoms with Crippen LogP contribution in [-0.4, -0.2) is 5.24 Å². The first kappa shape index (κ1) is 9.96. The highest BCUT2D eigenvalue weighted by Crippen LogP contribution is 2.18. The molecule has 0 aliphatic heterocycles. The summed E-state index contributed by atoms with van der Waals surface area (Å²) in [4.78, 5) is 10.6. The largest absolute Gasteiger partial charge is 0.281 e. The van der Waals surface area contributed by atoms with Gasteiger partial charge in [0, 0.05) is 5.92 Å². The quantitative estimate of drug-likeness (QED) is 0.581. The van der Waals surface area contributed by atoms with Gasteiger partial charge in [0.05, 0.1) is 0 Å². The second-order valence-corrected chi connectivity index (χ2v) is 3.23. The van der Waals surface area contributed by atoms with E-state index in [1.165, 1.54) is 0 Å². The summed E-state index contributed by atoms with van der Waals surface area (Å²) in [6.45, 7) is 6.06. The Morgan fingerprint density at radius 3 is 2.30 bits per heavy atom. The number of carbonyl (C=O) groups is 1. The summed E-state index contributed by atoms with van der Waals surface area (Å²) in [6.07, 6.45) is 2.20. The molecular weight excluding hydrogens is 148 g/mol. The average molecular weight is 163 g/mol. The maximum atomic E-state index is 10.6. The van der Waals surface area contributed by atoms with Crippen LogP contribution in [0.3, 0.4) is 0 Å². The van der Waals surface area contributed by atoms with Crippen LogP contribution in [-0.2, 0) is 4.79 Å². The fourth-order valence-corrected chi connectivity index (χ4v) is 1.14. The first-order chi connectivity index (χ1) is 4.59. The minimum atomic E-state index is -0.207. The van der Waals surface area contributed by atoms with E-state index in [4.69, 9.17) is 11.6 Å². The molecule has 2 unspecified atom stereocenters. The van der Waals surface area contributed by atoms with Crippen LogP contribution in [0.5, 0.6) is 0 Å². The highest BCUT2D eigenvalue weighted by Gasteiger charge is 2.16. The molecule has 0 aromatic carbocycles. The lowest BCUT2D eigenvalue weighted by Crippen LogP contribution is -2.13. The standard InChI is InChI=1S/C8H15ClO/c1-4-5-6(2)7(3)8(9)10/h6-7H,4-5H2,1-3H3. The van der Waals surface area contributed by atoms with Gasteiger partial charge in [0.2, 0.25) is 5.24 Å². The molecule has 0 radical (unpaired) electrons. The zero-order valence-corrected chi connectivity index (χ0v) is 7.61. The Morgan fingerprint density at radius 2 is 2.00 bits per heavy atom. The van der Waals surface area contributed by atoms with Crippen LogP contribution in [0.1, 0.15) is 33.6 Å². The van der Waals surface area contributed by atoms with Crippen LogP contribution in [0.4, 0.5) is 0 Å². The minimum absolute atomic E-state index is 0.0154. The lowest BCUT2D eigenvalue weighted by molar-refractivity contribution is -0.116. The minimum Gasteiger partial charge on any atom is -0.281 e. The van der Waals surface area contributed by atoms with Crippen molar-refractivity contribution in [3.8, 4) is 0 Å². The summed E-state index contributed by atoms with van der Waals surface area (Å²) in [7, 11) is 0. The van der Waals surface area contributed by atoms with E-state index in [2.05, 4.69) is 13.8 Å². The summed E-state index contributed by atoms with van der Waals surface area (Å²) < 4.78 is 0. The molecule has 0 heterocycles. The normalized spacial score (nSPS) is 16.4. The number of rotatable bonds is 4. The fraction of sp³-hybridized carbons (Fsp3) is 0.875. The van der Waals surface area contributed by atoms with Crippen molar-refractivity contribution in [3.05, 3.63) is 0 Å². The molecule has 0 N–H and O–H groups in total. The van der Waals surface area contributed by atoms with Gasteiger partial charge in [-0.1, -0.05) is 33.6 Å². The Kier molecular flexibility index (Phi) is 4.71. The molecule has 60 valence electrons. The van der Waals surface area contributed by atoms with Crippen molar-refractivity contribution < 1.29 is 4.79 Å². The zero-order chi connectivity index (χ0) is 8.15. The van der Waals surface area contributed by atoms with Gasteiger partial charge in [-0.2, -0.15) is 0 Å². The van der Waals surface area contributed by atoms with Crippen molar-refractivity contribution in [2.24, 2.45) is 11.8 Å². The highest BCUT2D eigenvalue weighted by atomic mass is 35.5. The Balaban J connectivity index is 3.69. The smallest absolute Gasteiger partial charge is 0.224 e. The Hall–Kier alpha value is -0.0400. The highest BCUT2D eigenvalue weighted by molar-refractivity contribution is 6.63. The summed E-state index contributed by atoms with van der Waals surface area (Å²) in [5, 5.41) is -0.207. The van der Waals surface area contributed by atoms with Gasteiger partial charge < -0.3 is 0 Å². The van der Waals surface area contributed by atoms with Crippen LogP contribution in [0.2, 0.25) is 0 Å². The van der Waals surface area contributed by atoms with E-state index >= 15 is 0 Å². The third-order valence-corrected chi connectivity index (χ3v) is 2.30. The molecule has 2 atom stereocenters. The fourth-order valence-electron chi connectivity index (χ4n) is 0.929. The van der Waals surface area contributed by atoms with Crippen molar-refractivity contribution in [3.63, 3.8) is 0 Å². The molecule has 0 spiro atoms. The lowest BCUT2D eigenvalue weighted by atomic mass is 9.93. The second kappa shape index (κ2) is 4.73. The van der Waals surface area contributed by atoms with Crippen LogP contribution in [0, 0.1) is 11.8 Å². The molecule has 0 aromatic heterocycles. The Labute approximate surface area is 67.8 Å². The van der Waals surface area contributed by atoms with Crippen molar-refractivity contribution in [1.29, 1.82) is 0 Å². The van der Waals surface area contributed by atoms with Gasteiger partial charge in [0.25, 0.3) is 0 Å². The average Bonchev–Trinajstić information content (AvgIpc) is 1.87. The molecule has 0 fully saturated rings. The van der Waals surface area contributed by atoms with Crippen LogP contribution in [0.15, 0.2) is 0 Å². The molecule has 0 saturated carbocycles. The van der Waals surface area contributed by atoms with Crippen molar-refractivity contribution in [2.75, 3.05) is 0 Å². The summed E-state index contributed by atoms with van der Waals surface area (Å²) in [5.41, 5.74) is 0. The third kappa shape index (κ3) is 3.21. The first-order valence-electron chi connectivity index (χ1n) is 3.79. The van der Waals surface area contributed by atoms with E-state index in [0.717, 1.165) is 12.8 Å². The Morgan fingerprint density at radius 1 is 1.50 bits per heavy atom. The van der Waals surface area contributed by atoms with Gasteiger partial charge in [0.15, 0.2) is 0 Å². The number of carbonyl (C=O) groups excluding carboxylic acids is 1. The SMILES string of the molecule is CCCC(C)C(C)C(=O)Cl. The van der Waals surface area contributed by atoms with Crippen LogP contribution >= 0.6 is 11.6 Å². The van der Waals surface area contributed by atoms with Gasteiger partial charge in [-0.05, 0) is 17.5 Å². The van der Waals surface area contributed by atoms with Crippen molar-refractivity contribution in [1.82, 2.24) is 0 Å². The summed E-state index contributed by atoms with van der Waals surface area (Å²) >= 11 is 5.32. The number of hydrogen-bond donors (Lipinski definition) is 0. The van der Waals surface area contributed by atoms with E-state index in [9.17, 15) is 4.79 Å². The third-order valence-electron chi connectivity index (χ3n) is 1.96. The van der Waals surface area contributed by atoms with Crippen LogP contribution < -0.4 is 0 Å². The van der Waals surface area contributed by atoms with Gasteiger partial charge in [-0.15, -0.1) is 0 Å². The predicted octanol–water partition coefficient (Wildman–Crippen LogP) is 2.82. The number of halogens is 1. The molecule has 0 aliphatic carbocycles. The monoisotopic (exact) mass is 162 g/mol. The lowest BCUT2D eigenvalue weighted by Gasteiger charge is -2.13. The topological polar surface area (TPSA) is 17.1 Å². The van der Waals surface area contributed by atoms with Gasteiger partial charge in [-0.25, -0.2) is 0 Å². The summed E-state index contributed by atoms with van der Waals surface area (Å²) in [5.74, 6) is 0.441. The number of hydrogen-bond acceptors (Lipinski definition) is 1. The van der Waals surface area contributed by atoms with E-state index in [0.29, 0.717) is 5.92 Å². The molecule has 0 rings (SSSR count). The van der Waals surface area contributed by atoms with Crippen molar-refractivity contribution in [2.45, 2.75) is 33.6 Å². The zero-order valence-electron chi connectivity index (χ0n) is 6.86. The van der Waals surface area contributed by atoms with E-state index in [-0.39, 0.29) is 11.2 Å². The van der Waals surface area contributed by atoms with E-state index < -0.39 is 0 Å². The van der Waals surface area contributed by atoms with Gasteiger partial charge >= 0.3 is 0 Å². The maximum absolute atomic E-state index is 10.6. The molecule has 0 aromatic rings. The first-order valence-corrected chi connectivity index (χ1v) is 4.16. The molecule has 1 nitrogen and oxygen atoms in total. The molecule has 2 heteroatoms. The van der Waals surface area contributed by atoms with E-state index in [1.807, 2.05) is 6.92 Å². The molecule has 0 aliphatic rings. The van der Waals surface area contributed by atoms with Crippen LogP contribution in [0.25, 0.3) is 0 Å². The molecule has 0 amide bonds. The van der Waals surface area contributed by atoms with E-state index in [1.54, 1.807) is 0 Å². The molecular formula is C8H15ClO. The predicted molar refractivity (Wildman–Crippen MR) is 44.1 cm³/mol. The second-order valence-electron chi connectivity index (χ2n) is 2.86. The van der Waals surface area contributed by atoms with Gasteiger partial charge in [0.1, 0.15) is 0 Å². The molecule has 0 bridgehead atoms. The molecule has 0 saturated heterocycles. The van der Waals surface area contributed by atoms with Gasteiger partial charge in [-0.3, -0.25) is 4.79 Å².